The Bertz CT molecular complexity index is 1690. The average Bonchev–Trinajstić information content (AvgIpc) is 3.46. The number of phenols is 1. The van der Waals surface area contributed by atoms with Gasteiger partial charge in [0.2, 0.25) is 0 Å². The summed E-state index contributed by atoms with van der Waals surface area (Å²) in [5.41, 5.74) is -4.99. The number of piperidine rings is 2. The largest absolute Gasteiger partial charge is 0.508 e. The Morgan fingerprint density at radius 3 is 2.81 bits per heavy atom. The molecule has 1 aromatic carbocycles. The number of aromatic nitrogens is 3. The van der Waals surface area contributed by atoms with Crippen LogP contribution in [0.25, 0.3) is 22.2 Å². The molecule has 42 heavy (non-hydrogen) atoms. The van der Waals surface area contributed by atoms with E-state index in [-0.39, 0.29) is 36.3 Å². The van der Waals surface area contributed by atoms with Crippen LogP contribution in [-0.4, -0.2) is 81.5 Å². The number of hydrogen-bond acceptors (Lipinski definition) is 8. The third-order valence-corrected chi connectivity index (χ3v) is 8.98. The van der Waals surface area contributed by atoms with Crippen LogP contribution in [0, 0.1) is 5.82 Å². The van der Waals surface area contributed by atoms with E-state index in [1.165, 1.54) is 0 Å². The number of alkyl halides is 4. The number of aromatic hydroxyl groups is 1. The van der Waals surface area contributed by atoms with Crippen molar-refractivity contribution in [3.63, 3.8) is 0 Å². The van der Waals surface area contributed by atoms with Crippen molar-refractivity contribution in [1.29, 1.82) is 0 Å². The third kappa shape index (κ3) is 4.60. The minimum Gasteiger partial charge on any atom is -0.508 e. The Morgan fingerprint density at radius 2 is 2.10 bits per heavy atom. The van der Waals surface area contributed by atoms with Gasteiger partial charge in [0.05, 0.1) is 25.6 Å². The van der Waals surface area contributed by atoms with Gasteiger partial charge >= 0.3 is 12.2 Å². The van der Waals surface area contributed by atoms with E-state index < -0.39 is 75.8 Å². The molecule has 8 nitrogen and oxygen atoms in total. The molecule has 2 unspecified atom stereocenters. The summed E-state index contributed by atoms with van der Waals surface area (Å²) in [5, 5.41) is 12.7. The van der Waals surface area contributed by atoms with Gasteiger partial charge in [0, 0.05) is 49.9 Å². The van der Waals surface area contributed by atoms with Gasteiger partial charge in [-0.3, -0.25) is 9.88 Å². The Morgan fingerprint density at radius 1 is 1.26 bits per heavy atom. The highest BCUT2D eigenvalue weighted by atomic mass is 35.5. The van der Waals surface area contributed by atoms with Crippen molar-refractivity contribution in [3.05, 3.63) is 34.7 Å². The zero-order chi connectivity index (χ0) is 32.1. The van der Waals surface area contributed by atoms with Crippen LogP contribution in [0.2, 0.25) is 5.02 Å². The molecule has 0 aliphatic carbocycles. The maximum atomic E-state index is 16.4. The number of nitrogens with zero attached hydrogens (tertiary/aromatic N) is 5. The second kappa shape index (κ2) is 10.0. The Balaban J connectivity index is 1.40. The summed E-state index contributed by atoms with van der Waals surface area (Å²) < 4.78 is 105. The summed E-state index contributed by atoms with van der Waals surface area (Å²) in [7, 11) is 0. The summed E-state index contributed by atoms with van der Waals surface area (Å²) in [6, 6.07) is 0.822. The lowest BCUT2D eigenvalue weighted by Gasteiger charge is -2.46. The predicted molar refractivity (Wildman–Crippen MR) is 145 cm³/mol. The van der Waals surface area contributed by atoms with E-state index in [4.69, 9.17) is 20.5 Å². The van der Waals surface area contributed by atoms with Crippen LogP contribution in [0.3, 0.4) is 0 Å². The molecule has 0 amide bonds. The number of benzene rings is 1. The number of fused-ring (bicyclic) bond motifs is 5. The summed E-state index contributed by atoms with van der Waals surface area (Å²) in [4.78, 5) is 16.1. The standard InChI is InChI=1S/C28H28ClF5N6O2/c29-20-7-17(41)6-18(21(20)28(32,33)34)23-22(31)24-19(10-36-23)25(40-12-15-2-3-16(40)9-35-15)38-26(37-24)42-13-27-4-1-5-39(27)11-14(30)8-27/h6-7,10,14-16,35,41H,1-5,8-9,11-13H2/t14-,15?,16?,27+/m1/s1/i13D2,14D. The van der Waals surface area contributed by atoms with Crippen molar-refractivity contribution in [3.8, 4) is 23.0 Å². The highest BCUT2D eigenvalue weighted by Gasteiger charge is 2.49. The molecule has 0 radical (unpaired) electrons. The molecule has 5 fully saturated rings. The van der Waals surface area contributed by atoms with E-state index >= 15 is 4.39 Å². The number of rotatable bonds is 5. The number of phenolic OH excluding ortho intramolecular Hbond substituents is 1. The molecule has 0 saturated carbocycles. The number of anilines is 1. The Kier molecular flexibility index (Phi) is 5.82. The van der Waals surface area contributed by atoms with Crippen LogP contribution < -0.4 is 15.0 Å². The summed E-state index contributed by atoms with van der Waals surface area (Å²) in [6.45, 7) is -1.51. The Hall–Kier alpha value is -3.03. The number of halogens is 6. The SMILES string of the molecule is [2H]C([2H])(Oc1nc(N2CC3CCC2CN3)c2cnc(-c3cc(O)cc(Cl)c3C(F)(F)F)c(F)c2n1)[C@@]12CCCN1C[C@]([2H])(F)C2. The van der Waals surface area contributed by atoms with Gasteiger partial charge in [0.15, 0.2) is 5.82 Å². The van der Waals surface area contributed by atoms with Crippen LogP contribution in [0.4, 0.5) is 27.8 Å². The van der Waals surface area contributed by atoms with Gasteiger partial charge in [0.25, 0.3) is 0 Å². The fourth-order valence-corrected chi connectivity index (χ4v) is 7.07. The molecule has 8 rings (SSSR count). The van der Waals surface area contributed by atoms with Gasteiger partial charge in [-0.1, -0.05) is 11.6 Å². The van der Waals surface area contributed by atoms with Gasteiger partial charge in [0.1, 0.15) is 35.5 Å². The van der Waals surface area contributed by atoms with E-state index in [1.54, 1.807) is 4.90 Å². The zero-order valence-electron chi connectivity index (χ0n) is 25.1. The van der Waals surface area contributed by atoms with Crippen molar-refractivity contribution in [2.75, 3.05) is 37.6 Å². The average molecular weight is 614 g/mol. The van der Waals surface area contributed by atoms with Gasteiger partial charge in [-0.15, -0.1) is 0 Å². The smallest absolute Gasteiger partial charge is 0.418 e. The second-order valence-electron chi connectivity index (χ2n) is 11.3. The van der Waals surface area contributed by atoms with Gasteiger partial charge in [-0.05, 0) is 44.4 Å². The van der Waals surface area contributed by atoms with E-state index in [0.29, 0.717) is 38.2 Å². The number of ether oxygens (including phenoxy) is 1. The maximum Gasteiger partial charge on any atom is 0.418 e. The third-order valence-electron chi connectivity index (χ3n) is 8.68. The van der Waals surface area contributed by atoms with Crippen molar-refractivity contribution >= 4 is 28.3 Å². The van der Waals surface area contributed by atoms with Crippen LogP contribution in [-0.2, 0) is 6.18 Å². The molecule has 5 aliphatic heterocycles. The fraction of sp³-hybridized carbons (Fsp3) is 0.536. The summed E-state index contributed by atoms with van der Waals surface area (Å²) in [5.74, 6) is -1.76. The number of pyridine rings is 1. The summed E-state index contributed by atoms with van der Waals surface area (Å²) in [6.07, 6.45) is -4.33. The topological polar surface area (TPSA) is 86.6 Å². The van der Waals surface area contributed by atoms with Crippen LogP contribution in [0.5, 0.6) is 11.8 Å². The number of hydrogen-bond donors (Lipinski definition) is 2. The summed E-state index contributed by atoms with van der Waals surface area (Å²) >= 11 is 5.85. The van der Waals surface area contributed by atoms with Gasteiger partial charge < -0.3 is 20.1 Å². The molecule has 3 aromatic rings. The molecule has 2 aromatic heterocycles. The molecule has 7 heterocycles. The lowest BCUT2D eigenvalue weighted by molar-refractivity contribution is -0.137. The molecule has 4 atom stereocenters. The fourth-order valence-electron chi connectivity index (χ4n) is 6.75. The first-order valence-corrected chi connectivity index (χ1v) is 14.1. The van der Waals surface area contributed by atoms with E-state index in [2.05, 4.69) is 20.3 Å². The van der Waals surface area contributed by atoms with Gasteiger partial charge in [-0.2, -0.15) is 23.1 Å². The first-order valence-electron chi connectivity index (χ1n) is 15.2. The monoisotopic (exact) mass is 613 g/mol. The van der Waals surface area contributed by atoms with Crippen molar-refractivity contribution in [2.24, 2.45) is 0 Å². The van der Waals surface area contributed by atoms with Crippen molar-refractivity contribution < 1.29 is 35.9 Å². The number of piperazine rings is 1. The Labute approximate surface area is 247 Å². The lowest BCUT2D eigenvalue weighted by Crippen LogP contribution is -2.61. The molecule has 0 spiro atoms. The van der Waals surface area contributed by atoms with Gasteiger partial charge in [-0.25, -0.2) is 8.78 Å². The molecular formula is C28H28ClF5N6O2. The second-order valence-corrected chi connectivity index (χ2v) is 11.7. The lowest BCUT2D eigenvalue weighted by atomic mass is 9.93. The van der Waals surface area contributed by atoms with E-state index in [0.717, 1.165) is 19.0 Å². The van der Waals surface area contributed by atoms with Crippen molar-refractivity contribution in [1.82, 2.24) is 25.2 Å². The predicted octanol–water partition coefficient (Wildman–Crippen LogP) is 5.10. The molecule has 5 saturated heterocycles. The quantitative estimate of drug-likeness (QED) is 0.385. The normalized spacial score (nSPS) is 30.8. The first kappa shape index (κ1) is 24.4. The molecule has 2 N–H and O–H groups in total. The highest BCUT2D eigenvalue weighted by molar-refractivity contribution is 6.32. The molecular weight excluding hydrogens is 583 g/mol. The molecule has 2 bridgehead atoms. The van der Waals surface area contributed by atoms with E-state index in [9.17, 15) is 22.7 Å². The molecule has 224 valence electrons. The number of nitrogens with one attached hydrogen (secondary N) is 1. The highest BCUT2D eigenvalue weighted by Crippen LogP contribution is 2.45. The van der Waals surface area contributed by atoms with Crippen molar-refractivity contribution in [2.45, 2.75) is 62.1 Å². The van der Waals surface area contributed by atoms with Crippen LogP contribution in [0.1, 0.15) is 41.8 Å². The van der Waals surface area contributed by atoms with Crippen LogP contribution >= 0.6 is 11.6 Å². The minimum atomic E-state index is -5.03. The first-order chi connectivity index (χ1) is 21.1. The minimum absolute atomic E-state index is 0.0620. The maximum absolute atomic E-state index is 16.4. The van der Waals surface area contributed by atoms with E-state index in [1.807, 2.05) is 4.90 Å². The zero-order valence-corrected chi connectivity index (χ0v) is 22.9. The van der Waals surface area contributed by atoms with Crippen LogP contribution in [0.15, 0.2) is 18.3 Å². The molecule has 14 heteroatoms. The molecule has 5 aliphatic rings.